The summed E-state index contributed by atoms with van der Waals surface area (Å²) < 4.78 is 5.15. The van der Waals surface area contributed by atoms with Crippen LogP contribution in [-0.4, -0.2) is 36.9 Å². The van der Waals surface area contributed by atoms with Crippen LogP contribution in [-0.2, 0) is 9.59 Å². The first-order valence-electron chi connectivity index (χ1n) is 8.34. The second kappa shape index (κ2) is 7.99. The van der Waals surface area contributed by atoms with Crippen LogP contribution in [0, 0.1) is 11.8 Å². The summed E-state index contributed by atoms with van der Waals surface area (Å²) in [6.45, 7) is 5.67. The number of hydrogen-bond acceptors (Lipinski definition) is 3. The fourth-order valence-corrected chi connectivity index (χ4v) is 2.80. The first kappa shape index (κ1) is 17.3. The standard InChI is InChI=1S/C18H26N2O3/c1-4-9-20(10-5-2)18(22)16-12-15(16)17(21)19-13-7-6-8-14(11-13)23-3/h6-8,11,15-16H,4-5,9-10,12H2,1-3H3,(H,19,21). The molecule has 0 radical (unpaired) electrons. The molecule has 1 fully saturated rings. The Morgan fingerprint density at radius 3 is 2.52 bits per heavy atom. The molecule has 0 heterocycles. The minimum atomic E-state index is -0.204. The Bertz CT molecular complexity index is 553. The number of carbonyl (C=O) groups is 2. The van der Waals surface area contributed by atoms with Crippen molar-refractivity contribution in [3.05, 3.63) is 24.3 Å². The maximum atomic E-state index is 12.5. The van der Waals surface area contributed by atoms with Crippen LogP contribution in [0.1, 0.15) is 33.1 Å². The number of amides is 2. The Morgan fingerprint density at radius 1 is 1.22 bits per heavy atom. The van der Waals surface area contributed by atoms with Crippen molar-refractivity contribution in [3.63, 3.8) is 0 Å². The van der Waals surface area contributed by atoms with Gasteiger partial charge in [0.1, 0.15) is 5.75 Å². The second-order valence-corrected chi connectivity index (χ2v) is 6.00. The number of anilines is 1. The highest BCUT2D eigenvalue weighted by Crippen LogP contribution is 2.41. The van der Waals surface area contributed by atoms with E-state index in [9.17, 15) is 9.59 Å². The normalized spacial score (nSPS) is 19.1. The molecule has 0 aliphatic heterocycles. The number of nitrogens with zero attached hydrogens (tertiary/aromatic N) is 1. The zero-order valence-corrected chi connectivity index (χ0v) is 14.2. The highest BCUT2D eigenvalue weighted by atomic mass is 16.5. The zero-order chi connectivity index (χ0) is 16.8. The van der Waals surface area contributed by atoms with E-state index in [4.69, 9.17) is 4.74 Å². The molecular formula is C18H26N2O3. The van der Waals surface area contributed by atoms with Gasteiger partial charge in [0.15, 0.2) is 0 Å². The molecule has 2 atom stereocenters. The fourth-order valence-electron chi connectivity index (χ4n) is 2.80. The minimum Gasteiger partial charge on any atom is -0.497 e. The highest BCUT2D eigenvalue weighted by Gasteiger charge is 2.49. The lowest BCUT2D eigenvalue weighted by atomic mass is 10.2. The second-order valence-electron chi connectivity index (χ2n) is 6.00. The van der Waals surface area contributed by atoms with Crippen LogP contribution in [0.3, 0.4) is 0 Å². The van der Waals surface area contributed by atoms with E-state index < -0.39 is 0 Å². The van der Waals surface area contributed by atoms with Crippen molar-refractivity contribution in [2.24, 2.45) is 11.8 Å². The molecule has 1 aliphatic carbocycles. The molecule has 0 bridgehead atoms. The topological polar surface area (TPSA) is 58.6 Å². The SMILES string of the molecule is CCCN(CCC)C(=O)C1CC1C(=O)Nc1cccc(OC)c1. The zero-order valence-electron chi connectivity index (χ0n) is 14.2. The fraction of sp³-hybridized carbons (Fsp3) is 0.556. The summed E-state index contributed by atoms with van der Waals surface area (Å²) in [6, 6.07) is 7.25. The molecule has 126 valence electrons. The molecule has 0 spiro atoms. The van der Waals surface area contributed by atoms with Crippen molar-refractivity contribution in [2.75, 3.05) is 25.5 Å². The number of ether oxygens (including phenoxy) is 1. The van der Waals surface area contributed by atoms with E-state index in [-0.39, 0.29) is 23.7 Å². The Labute approximate surface area is 138 Å². The van der Waals surface area contributed by atoms with Gasteiger partial charge in [-0.25, -0.2) is 0 Å². The van der Waals surface area contributed by atoms with Gasteiger partial charge in [0, 0.05) is 24.8 Å². The third-order valence-electron chi connectivity index (χ3n) is 4.08. The number of rotatable bonds is 8. The van der Waals surface area contributed by atoms with Gasteiger partial charge < -0.3 is 15.0 Å². The molecule has 1 saturated carbocycles. The van der Waals surface area contributed by atoms with Crippen LogP contribution in [0.4, 0.5) is 5.69 Å². The Balaban J connectivity index is 1.91. The van der Waals surface area contributed by atoms with Gasteiger partial charge in [0.05, 0.1) is 18.9 Å². The third kappa shape index (κ3) is 4.47. The van der Waals surface area contributed by atoms with Crippen molar-refractivity contribution < 1.29 is 14.3 Å². The number of methoxy groups -OCH3 is 1. The predicted octanol–water partition coefficient (Wildman–Crippen LogP) is 2.92. The highest BCUT2D eigenvalue weighted by molar-refractivity contribution is 5.99. The van der Waals surface area contributed by atoms with E-state index in [1.807, 2.05) is 23.1 Å². The quantitative estimate of drug-likeness (QED) is 0.802. The van der Waals surface area contributed by atoms with Crippen molar-refractivity contribution in [2.45, 2.75) is 33.1 Å². The van der Waals surface area contributed by atoms with Crippen LogP contribution in [0.25, 0.3) is 0 Å². The van der Waals surface area contributed by atoms with Gasteiger partial charge >= 0.3 is 0 Å². The number of benzene rings is 1. The van der Waals surface area contributed by atoms with Crippen molar-refractivity contribution in [3.8, 4) is 5.75 Å². The molecule has 0 aromatic heterocycles. The van der Waals surface area contributed by atoms with Gasteiger partial charge in [-0.3, -0.25) is 9.59 Å². The van der Waals surface area contributed by atoms with Gasteiger partial charge in [-0.05, 0) is 31.4 Å². The summed E-state index contributed by atoms with van der Waals surface area (Å²) in [5.41, 5.74) is 0.700. The van der Waals surface area contributed by atoms with E-state index in [2.05, 4.69) is 19.2 Å². The summed E-state index contributed by atoms with van der Waals surface area (Å²) in [5.74, 6) is 0.385. The summed E-state index contributed by atoms with van der Waals surface area (Å²) in [4.78, 5) is 26.7. The van der Waals surface area contributed by atoms with Crippen LogP contribution in [0.15, 0.2) is 24.3 Å². The Hall–Kier alpha value is -2.04. The van der Waals surface area contributed by atoms with E-state index in [0.717, 1.165) is 25.9 Å². The van der Waals surface area contributed by atoms with Gasteiger partial charge in [0.2, 0.25) is 11.8 Å². The molecule has 5 heteroatoms. The van der Waals surface area contributed by atoms with E-state index in [1.54, 1.807) is 13.2 Å². The molecule has 2 rings (SSSR count). The van der Waals surface area contributed by atoms with Crippen molar-refractivity contribution in [1.82, 2.24) is 4.90 Å². The maximum absolute atomic E-state index is 12.5. The number of hydrogen-bond donors (Lipinski definition) is 1. The van der Waals surface area contributed by atoms with Gasteiger partial charge in [0.25, 0.3) is 0 Å². The predicted molar refractivity (Wildman–Crippen MR) is 90.4 cm³/mol. The molecule has 2 unspecified atom stereocenters. The summed E-state index contributed by atoms with van der Waals surface area (Å²) in [7, 11) is 1.59. The maximum Gasteiger partial charge on any atom is 0.228 e. The minimum absolute atomic E-state index is 0.0791. The summed E-state index contributed by atoms with van der Waals surface area (Å²) >= 11 is 0. The molecule has 5 nitrogen and oxygen atoms in total. The average Bonchev–Trinajstić information content (AvgIpc) is 3.35. The number of nitrogens with one attached hydrogen (secondary N) is 1. The van der Waals surface area contributed by atoms with Gasteiger partial charge in [-0.15, -0.1) is 0 Å². The van der Waals surface area contributed by atoms with Crippen LogP contribution >= 0.6 is 0 Å². The average molecular weight is 318 g/mol. The molecule has 1 aliphatic rings. The molecule has 1 N–H and O–H groups in total. The van der Waals surface area contributed by atoms with Crippen LogP contribution in [0.2, 0.25) is 0 Å². The third-order valence-corrected chi connectivity index (χ3v) is 4.08. The number of carbonyl (C=O) groups excluding carboxylic acids is 2. The van der Waals surface area contributed by atoms with Crippen molar-refractivity contribution in [1.29, 1.82) is 0 Å². The largest absolute Gasteiger partial charge is 0.497 e. The first-order chi connectivity index (χ1) is 11.1. The lowest BCUT2D eigenvalue weighted by Gasteiger charge is -2.21. The Morgan fingerprint density at radius 2 is 1.91 bits per heavy atom. The molecule has 0 saturated heterocycles. The molecule has 23 heavy (non-hydrogen) atoms. The smallest absolute Gasteiger partial charge is 0.228 e. The molecule has 1 aromatic rings. The molecule has 1 aromatic carbocycles. The van der Waals surface area contributed by atoms with Crippen LogP contribution in [0.5, 0.6) is 5.75 Å². The van der Waals surface area contributed by atoms with Crippen LogP contribution < -0.4 is 10.1 Å². The van der Waals surface area contributed by atoms with E-state index >= 15 is 0 Å². The van der Waals surface area contributed by atoms with E-state index in [0.29, 0.717) is 17.9 Å². The van der Waals surface area contributed by atoms with Gasteiger partial charge in [-0.1, -0.05) is 19.9 Å². The summed E-state index contributed by atoms with van der Waals surface area (Å²) in [5, 5.41) is 2.88. The van der Waals surface area contributed by atoms with Crippen molar-refractivity contribution >= 4 is 17.5 Å². The molecule has 2 amide bonds. The molecular weight excluding hydrogens is 292 g/mol. The summed E-state index contributed by atoms with van der Waals surface area (Å²) in [6.07, 6.45) is 2.54. The first-order valence-corrected chi connectivity index (χ1v) is 8.34. The van der Waals surface area contributed by atoms with Gasteiger partial charge in [-0.2, -0.15) is 0 Å². The Kier molecular flexibility index (Phi) is 6.02. The monoisotopic (exact) mass is 318 g/mol. The lowest BCUT2D eigenvalue weighted by molar-refractivity contribution is -0.134. The van der Waals surface area contributed by atoms with E-state index in [1.165, 1.54) is 0 Å². The lowest BCUT2D eigenvalue weighted by Crippen LogP contribution is -2.34.